The van der Waals surface area contributed by atoms with Gasteiger partial charge in [-0.3, -0.25) is 14.0 Å². The maximum Gasteiger partial charge on any atom is 0.264 e. The highest BCUT2D eigenvalue weighted by atomic mass is 35.5. The van der Waals surface area contributed by atoms with Gasteiger partial charge in [-0.25, -0.2) is 13.4 Å². The Kier molecular flexibility index (Phi) is 10.2. The van der Waals surface area contributed by atoms with E-state index in [0.717, 1.165) is 59.6 Å². The number of carbonyl (C=O) groups is 1. The second-order valence-corrected chi connectivity index (χ2v) is 12.5. The van der Waals surface area contributed by atoms with Gasteiger partial charge in [-0.15, -0.1) is 12.4 Å². The number of nitrogens with zero attached hydrogens (tertiary/aromatic N) is 4. The lowest BCUT2D eigenvalue weighted by atomic mass is 10.2. The van der Waals surface area contributed by atoms with E-state index in [-0.39, 0.29) is 23.2 Å². The van der Waals surface area contributed by atoms with Gasteiger partial charge in [0.15, 0.2) is 5.13 Å². The third kappa shape index (κ3) is 6.57. The number of sulfonamides is 1. The van der Waals surface area contributed by atoms with Crippen LogP contribution in [0.2, 0.25) is 0 Å². The summed E-state index contributed by atoms with van der Waals surface area (Å²) in [4.78, 5) is 22.2. The van der Waals surface area contributed by atoms with Crippen LogP contribution in [0.3, 0.4) is 0 Å². The van der Waals surface area contributed by atoms with E-state index in [1.807, 2.05) is 18.2 Å². The molecule has 1 saturated heterocycles. The minimum Gasteiger partial charge on any atom is -0.495 e. The molecule has 0 unspecified atom stereocenters. The van der Waals surface area contributed by atoms with Crippen LogP contribution in [0.15, 0.2) is 71.6 Å². The molecule has 1 N–H and O–H groups in total. The van der Waals surface area contributed by atoms with Gasteiger partial charge >= 0.3 is 0 Å². The first-order valence-corrected chi connectivity index (χ1v) is 15.5. The number of benzene rings is 3. The molecule has 1 aliphatic heterocycles. The molecule has 2 heterocycles. The van der Waals surface area contributed by atoms with Crippen LogP contribution in [-0.4, -0.2) is 84.7 Å². The van der Waals surface area contributed by atoms with Gasteiger partial charge in [-0.2, -0.15) is 0 Å². The van der Waals surface area contributed by atoms with Crippen LogP contribution in [0.4, 0.5) is 10.8 Å². The van der Waals surface area contributed by atoms with Gasteiger partial charge in [0.2, 0.25) is 0 Å². The number of fused-ring (bicyclic) bond motifs is 1. The molecular formula is C29H34ClN5O5S2. The Morgan fingerprint density at radius 1 is 0.952 bits per heavy atom. The van der Waals surface area contributed by atoms with Crippen LogP contribution in [0, 0.1) is 0 Å². The molecule has 3 aromatic carbocycles. The number of nitrogens with one attached hydrogen (secondary N) is 1. The topological polar surface area (TPSA) is 104 Å². The van der Waals surface area contributed by atoms with Gasteiger partial charge < -0.3 is 19.7 Å². The van der Waals surface area contributed by atoms with Gasteiger partial charge in [-0.1, -0.05) is 29.5 Å². The lowest BCUT2D eigenvalue weighted by molar-refractivity contribution is 0.0947. The number of hydrogen-bond donors (Lipinski definition) is 1. The molecule has 0 atom stereocenters. The number of methoxy groups -OCH3 is 2. The van der Waals surface area contributed by atoms with Crippen LogP contribution in [0.25, 0.3) is 10.2 Å². The van der Waals surface area contributed by atoms with Crippen LogP contribution in [0.5, 0.6) is 11.5 Å². The smallest absolute Gasteiger partial charge is 0.264 e. The zero-order chi connectivity index (χ0) is 29.0. The number of hydrogen-bond acceptors (Lipinski definition) is 9. The monoisotopic (exact) mass is 631 g/mol. The summed E-state index contributed by atoms with van der Waals surface area (Å²) >= 11 is 1.60. The van der Waals surface area contributed by atoms with Crippen molar-refractivity contribution in [2.24, 2.45) is 0 Å². The molecule has 0 spiro atoms. The summed E-state index contributed by atoms with van der Waals surface area (Å²) in [5.74, 6) is 1.28. The zero-order valence-electron chi connectivity index (χ0n) is 23.6. The Morgan fingerprint density at radius 3 is 2.24 bits per heavy atom. The van der Waals surface area contributed by atoms with Crippen LogP contribution in [0.1, 0.15) is 10.4 Å². The number of aromatic nitrogens is 1. The predicted octanol–water partition coefficient (Wildman–Crippen LogP) is 4.11. The van der Waals surface area contributed by atoms with E-state index in [1.54, 1.807) is 62.0 Å². The third-order valence-electron chi connectivity index (χ3n) is 7.15. The minimum atomic E-state index is -3.73. The lowest BCUT2D eigenvalue weighted by Gasteiger charge is -2.34. The molecule has 10 nitrogen and oxygen atoms in total. The molecule has 1 aliphatic rings. The molecule has 0 radical (unpaired) electrons. The number of amides is 1. The Balaban J connectivity index is 0.00000405. The van der Waals surface area contributed by atoms with Crippen LogP contribution >= 0.6 is 23.7 Å². The largest absolute Gasteiger partial charge is 0.495 e. The summed E-state index contributed by atoms with van der Waals surface area (Å²) in [6.07, 6.45) is 0. The number of thiazole rings is 1. The van der Waals surface area contributed by atoms with E-state index >= 15 is 0 Å². The number of rotatable bonds is 10. The van der Waals surface area contributed by atoms with E-state index in [1.165, 1.54) is 23.5 Å². The molecular weight excluding hydrogens is 598 g/mol. The fraction of sp³-hybridized carbons (Fsp3) is 0.310. The second kappa shape index (κ2) is 13.6. The summed E-state index contributed by atoms with van der Waals surface area (Å²) in [7, 11) is 1.08. The molecule has 0 aliphatic carbocycles. The molecule has 224 valence electrons. The fourth-order valence-corrected chi connectivity index (χ4v) is 7.04. The van der Waals surface area contributed by atoms with Crippen molar-refractivity contribution in [3.05, 3.63) is 72.3 Å². The molecule has 5 rings (SSSR count). The highest BCUT2D eigenvalue weighted by Gasteiger charge is 2.23. The first kappa shape index (κ1) is 31.4. The van der Waals surface area contributed by atoms with E-state index < -0.39 is 10.0 Å². The van der Waals surface area contributed by atoms with E-state index in [4.69, 9.17) is 14.5 Å². The predicted molar refractivity (Wildman–Crippen MR) is 169 cm³/mol. The average molecular weight is 632 g/mol. The maximum absolute atomic E-state index is 13.0. The van der Waals surface area contributed by atoms with Crippen molar-refractivity contribution in [1.29, 1.82) is 0 Å². The quantitative estimate of drug-likeness (QED) is 0.279. The Hall–Kier alpha value is -3.58. The van der Waals surface area contributed by atoms with Crippen molar-refractivity contribution in [3.63, 3.8) is 0 Å². The number of carbonyl (C=O) groups excluding carboxylic acids is 1. The van der Waals surface area contributed by atoms with Gasteiger partial charge in [0.1, 0.15) is 21.7 Å². The molecule has 0 bridgehead atoms. The van der Waals surface area contributed by atoms with Crippen LogP contribution < -0.4 is 24.0 Å². The molecule has 1 fully saturated rings. The first-order chi connectivity index (χ1) is 19.8. The molecule has 0 saturated carbocycles. The maximum atomic E-state index is 13.0. The van der Waals surface area contributed by atoms with E-state index in [9.17, 15) is 13.2 Å². The summed E-state index contributed by atoms with van der Waals surface area (Å²) in [6.45, 7) is 4.56. The van der Waals surface area contributed by atoms with E-state index in [0.29, 0.717) is 17.8 Å². The highest BCUT2D eigenvalue weighted by molar-refractivity contribution is 7.92. The van der Waals surface area contributed by atoms with Crippen molar-refractivity contribution in [3.8, 4) is 11.5 Å². The summed E-state index contributed by atoms with van der Waals surface area (Å²) < 4.78 is 39.2. The zero-order valence-corrected chi connectivity index (χ0v) is 26.1. The molecule has 1 amide bonds. The second-order valence-electron chi connectivity index (χ2n) is 9.56. The Bertz CT molecular complexity index is 1570. The van der Waals surface area contributed by atoms with Crippen molar-refractivity contribution in [2.45, 2.75) is 4.90 Å². The SMILES string of the molecule is COc1ccc(OC)c2sc(N3CCN(CCNC(=O)c4ccc(S(=O)(=O)N(C)c5ccccc5)cc4)CC3)nc12.Cl. The Morgan fingerprint density at radius 2 is 1.60 bits per heavy atom. The summed E-state index contributed by atoms with van der Waals surface area (Å²) in [5, 5.41) is 3.89. The molecule has 13 heteroatoms. The lowest BCUT2D eigenvalue weighted by Crippen LogP contribution is -2.48. The standard InChI is InChI=1S/C29H33N5O5S2.ClH/c1-32(22-7-5-4-6-8-22)41(36,37)23-11-9-21(10-12-23)28(35)30-15-16-33-17-19-34(20-18-33)29-31-26-24(38-2)13-14-25(39-3)27(26)40-29;/h4-14H,15-20H2,1-3H3,(H,30,35);1H. The van der Waals surface area contributed by atoms with Gasteiger partial charge in [0, 0.05) is 51.9 Å². The molecule has 4 aromatic rings. The number of anilines is 2. The number of ether oxygens (including phenoxy) is 2. The van der Waals surface area contributed by atoms with Crippen molar-refractivity contribution < 1.29 is 22.7 Å². The normalized spacial score (nSPS) is 13.8. The van der Waals surface area contributed by atoms with Crippen LogP contribution in [-0.2, 0) is 10.0 Å². The van der Waals surface area contributed by atoms with Gasteiger partial charge in [0.25, 0.3) is 15.9 Å². The minimum absolute atomic E-state index is 0. The van der Waals surface area contributed by atoms with Crippen molar-refractivity contribution >= 4 is 60.7 Å². The number of piperazine rings is 1. The van der Waals surface area contributed by atoms with E-state index in [2.05, 4.69) is 15.1 Å². The third-order valence-corrected chi connectivity index (χ3v) is 10.1. The van der Waals surface area contributed by atoms with Crippen molar-refractivity contribution in [1.82, 2.24) is 15.2 Å². The van der Waals surface area contributed by atoms with Gasteiger partial charge in [0.05, 0.1) is 24.8 Å². The Labute approximate surface area is 256 Å². The first-order valence-electron chi connectivity index (χ1n) is 13.2. The summed E-state index contributed by atoms with van der Waals surface area (Å²) in [6, 6.07) is 18.7. The average Bonchev–Trinajstić information content (AvgIpc) is 3.47. The number of para-hydroxylation sites is 1. The van der Waals surface area contributed by atoms with Gasteiger partial charge in [-0.05, 0) is 48.5 Å². The highest BCUT2D eigenvalue weighted by Crippen LogP contribution is 2.40. The molecule has 42 heavy (non-hydrogen) atoms. The fourth-order valence-electron chi connectivity index (χ4n) is 4.72. The number of halogens is 1. The summed E-state index contributed by atoms with van der Waals surface area (Å²) in [5.41, 5.74) is 1.79. The molecule has 1 aromatic heterocycles. The van der Waals surface area contributed by atoms with Crippen molar-refractivity contribution in [2.75, 3.05) is 69.7 Å².